The fourth-order valence-electron chi connectivity index (χ4n) is 1.55. The standard InChI is InChI=1S/C14H18N2O3S/c1-19-12-11-16(10-5-9-15)20(17,18)13-8-14-6-3-2-4-7-14/h2-4,6-8,13H,5,10-12H2,1H3/b13-8+. The zero-order valence-corrected chi connectivity index (χ0v) is 12.2. The molecular weight excluding hydrogens is 276 g/mol. The van der Waals surface area contributed by atoms with Crippen molar-refractivity contribution in [1.29, 1.82) is 5.26 Å². The summed E-state index contributed by atoms with van der Waals surface area (Å²) in [5, 5.41) is 9.76. The van der Waals surface area contributed by atoms with Crippen LogP contribution in [0.3, 0.4) is 0 Å². The number of ether oxygens (including phenoxy) is 1. The molecule has 0 unspecified atom stereocenters. The number of hydrogen-bond donors (Lipinski definition) is 0. The maximum absolute atomic E-state index is 12.2. The molecule has 0 aromatic heterocycles. The fourth-order valence-corrected chi connectivity index (χ4v) is 2.72. The van der Waals surface area contributed by atoms with E-state index < -0.39 is 10.0 Å². The lowest BCUT2D eigenvalue weighted by Crippen LogP contribution is -2.33. The van der Waals surface area contributed by atoms with E-state index in [1.54, 1.807) is 6.08 Å². The van der Waals surface area contributed by atoms with Crippen molar-refractivity contribution in [2.24, 2.45) is 0 Å². The van der Waals surface area contributed by atoms with Crippen molar-refractivity contribution in [2.75, 3.05) is 26.8 Å². The first-order valence-electron chi connectivity index (χ1n) is 6.19. The van der Waals surface area contributed by atoms with E-state index in [1.165, 1.54) is 11.4 Å². The highest BCUT2D eigenvalue weighted by molar-refractivity contribution is 7.92. The lowest BCUT2D eigenvalue weighted by atomic mass is 10.2. The van der Waals surface area contributed by atoms with E-state index >= 15 is 0 Å². The summed E-state index contributed by atoms with van der Waals surface area (Å²) in [7, 11) is -2.03. The van der Waals surface area contributed by atoms with E-state index in [0.29, 0.717) is 6.61 Å². The summed E-state index contributed by atoms with van der Waals surface area (Å²) < 4.78 is 30.5. The summed E-state index contributed by atoms with van der Waals surface area (Å²) in [6.45, 7) is 0.699. The van der Waals surface area contributed by atoms with Crippen molar-refractivity contribution in [3.8, 4) is 6.07 Å². The van der Waals surface area contributed by atoms with Crippen LogP contribution in [0.1, 0.15) is 12.0 Å². The predicted molar refractivity (Wildman–Crippen MR) is 78.1 cm³/mol. The van der Waals surface area contributed by atoms with Gasteiger partial charge in [-0.1, -0.05) is 30.3 Å². The van der Waals surface area contributed by atoms with Crippen LogP contribution in [-0.4, -0.2) is 39.5 Å². The molecule has 0 aliphatic rings. The molecule has 1 rings (SSSR count). The van der Waals surface area contributed by atoms with Gasteiger partial charge in [-0.2, -0.15) is 9.57 Å². The molecule has 0 spiro atoms. The Bertz CT molecular complexity index is 562. The Morgan fingerprint density at radius 3 is 2.60 bits per heavy atom. The summed E-state index contributed by atoms with van der Waals surface area (Å²) in [5.74, 6) is 0. The van der Waals surface area contributed by atoms with Crippen molar-refractivity contribution in [3.05, 3.63) is 41.3 Å². The molecule has 0 radical (unpaired) electrons. The lowest BCUT2D eigenvalue weighted by Gasteiger charge is -2.18. The third kappa shape index (κ3) is 5.53. The summed E-state index contributed by atoms with van der Waals surface area (Å²) in [5.41, 5.74) is 0.808. The van der Waals surface area contributed by atoms with Gasteiger partial charge in [0.15, 0.2) is 0 Å². The Labute approximate surface area is 120 Å². The Balaban J connectivity index is 2.81. The topological polar surface area (TPSA) is 70.4 Å². The average molecular weight is 294 g/mol. The average Bonchev–Trinajstić information content (AvgIpc) is 2.46. The van der Waals surface area contributed by atoms with Crippen molar-refractivity contribution in [2.45, 2.75) is 6.42 Å². The van der Waals surface area contributed by atoms with Crippen LogP contribution in [0.25, 0.3) is 6.08 Å². The Morgan fingerprint density at radius 1 is 1.30 bits per heavy atom. The lowest BCUT2D eigenvalue weighted by molar-refractivity contribution is 0.180. The van der Waals surface area contributed by atoms with Crippen molar-refractivity contribution in [1.82, 2.24) is 4.31 Å². The molecule has 0 atom stereocenters. The summed E-state index contributed by atoms with van der Waals surface area (Å²) in [6, 6.07) is 11.1. The number of sulfonamides is 1. The molecule has 0 fully saturated rings. The van der Waals surface area contributed by atoms with E-state index in [2.05, 4.69) is 0 Å². The van der Waals surface area contributed by atoms with Gasteiger partial charge in [0.05, 0.1) is 12.7 Å². The molecule has 5 nitrogen and oxygen atoms in total. The maximum atomic E-state index is 12.2. The zero-order valence-electron chi connectivity index (χ0n) is 11.4. The predicted octanol–water partition coefficient (Wildman–Crippen LogP) is 1.85. The fraction of sp³-hybridized carbons (Fsp3) is 0.357. The highest BCUT2D eigenvalue weighted by atomic mass is 32.2. The second kappa shape index (κ2) is 8.48. The molecule has 0 saturated heterocycles. The molecule has 0 aliphatic carbocycles. The smallest absolute Gasteiger partial charge is 0.236 e. The number of methoxy groups -OCH3 is 1. The van der Waals surface area contributed by atoms with Crippen molar-refractivity contribution in [3.63, 3.8) is 0 Å². The molecule has 0 bridgehead atoms. The highest BCUT2D eigenvalue weighted by Gasteiger charge is 2.18. The van der Waals surface area contributed by atoms with E-state index in [-0.39, 0.29) is 19.5 Å². The van der Waals surface area contributed by atoms with Crippen LogP contribution in [0, 0.1) is 11.3 Å². The quantitative estimate of drug-likeness (QED) is 0.733. The van der Waals surface area contributed by atoms with E-state index in [9.17, 15) is 8.42 Å². The minimum Gasteiger partial charge on any atom is -0.383 e. The van der Waals surface area contributed by atoms with Crippen LogP contribution >= 0.6 is 0 Å². The Kier molecular flexibility index (Phi) is 6.94. The zero-order chi connectivity index (χ0) is 14.8. The van der Waals surface area contributed by atoms with Gasteiger partial charge in [-0.15, -0.1) is 0 Å². The molecule has 20 heavy (non-hydrogen) atoms. The first kappa shape index (κ1) is 16.4. The van der Waals surface area contributed by atoms with Gasteiger partial charge in [0.2, 0.25) is 10.0 Å². The monoisotopic (exact) mass is 294 g/mol. The molecule has 6 heteroatoms. The third-order valence-electron chi connectivity index (χ3n) is 2.61. The summed E-state index contributed by atoms with van der Waals surface area (Å²) in [4.78, 5) is 0. The Morgan fingerprint density at radius 2 is 2.00 bits per heavy atom. The number of hydrogen-bond acceptors (Lipinski definition) is 4. The van der Waals surface area contributed by atoms with Gasteiger partial charge in [-0.05, 0) is 11.6 Å². The van der Waals surface area contributed by atoms with Crippen LogP contribution in [0.5, 0.6) is 0 Å². The largest absolute Gasteiger partial charge is 0.383 e. The number of benzene rings is 1. The van der Waals surface area contributed by atoms with Crippen LogP contribution in [-0.2, 0) is 14.8 Å². The first-order valence-corrected chi connectivity index (χ1v) is 7.69. The number of nitrogens with zero attached hydrogens (tertiary/aromatic N) is 2. The molecule has 1 aromatic rings. The summed E-state index contributed by atoms with van der Waals surface area (Å²) in [6.07, 6.45) is 1.70. The van der Waals surface area contributed by atoms with E-state index in [4.69, 9.17) is 10.00 Å². The molecule has 1 aromatic carbocycles. The first-order chi connectivity index (χ1) is 9.60. The van der Waals surface area contributed by atoms with Gasteiger partial charge < -0.3 is 4.74 Å². The van der Waals surface area contributed by atoms with Crippen LogP contribution in [0.2, 0.25) is 0 Å². The van der Waals surface area contributed by atoms with Crippen molar-refractivity contribution < 1.29 is 13.2 Å². The second-order valence-corrected chi connectivity index (χ2v) is 5.88. The van der Waals surface area contributed by atoms with Gasteiger partial charge in [-0.3, -0.25) is 0 Å². The molecule has 0 aliphatic heterocycles. The highest BCUT2D eigenvalue weighted by Crippen LogP contribution is 2.08. The minimum absolute atomic E-state index is 0.155. The van der Waals surface area contributed by atoms with Crippen LogP contribution in [0.4, 0.5) is 0 Å². The third-order valence-corrected chi connectivity index (χ3v) is 4.17. The molecular formula is C14H18N2O3S. The van der Waals surface area contributed by atoms with E-state index in [1.807, 2.05) is 36.4 Å². The maximum Gasteiger partial charge on any atom is 0.236 e. The number of rotatable bonds is 8. The number of nitriles is 1. The normalized spacial score (nSPS) is 11.8. The van der Waals surface area contributed by atoms with Crippen molar-refractivity contribution >= 4 is 16.1 Å². The van der Waals surface area contributed by atoms with Gasteiger partial charge in [0.25, 0.3) is 0 Å². The molecule has 0 N–H and O–H groups in total. The SMILES string of the molecule is COCCN(CCC#N)S(=O)(=O)/C=C/c1ccccc1. The minimum atomic E-state index is -3.54. The van der Waals surface area contributed by atoms with Gasteiger partial charge in [-0.25, -0.2) is 8.42 Å². The van der Waals surface area contributed by atoms with Crippen LogP contribution < -0.4 is 0 Å². The van der Waals surface area contributed by atoms with Gasteiger partial charge in [0, 0.05) is 32.0 Å². The van der Waals surface area contributed by atoms with E-state index in [0.717, 1.165) is 11.0 Å². The Hall–Kier alpha value is -1.68. The molecule has 0 saturated carbocycles. The summed E-state index contributed by atoms with van der Waals surface area (Å²) >= 11 is 0. The van der Waals surface area contributed by atoms with Gasteiger partial charge >= 0.3 is 0 Å². The molecule has 0 heterocycles. The molecule has 0 amide bonds. The second-order valence-electron chi connectivity index (χ2n) is 4.06. The van der Waals surface area contributed by atoms with Crippen LogP contribution in [0.15, 0.2) is 35.7 Å². The molecule has 108 valence electrons. The van der Waals surface area contributed by atoms with Gasteiger partial charge in [0.1, 0.15) is 0 Å².